The molecule has 0 radical (unpaired) electrons. The summed E-state index contributed by atoms with van der Waals surface area (Å²) in [6.45, 7) is 9.04. The molecule has 3 nitrogen and oxygen atoms in total. The molecule has 1 aromatic rings. The Morgan fingerprint density at radius 2 is 2.11 bits per heavy atom. The summed E-state index contributed by atoms with van der Waals surface area (Å²) in [7, 11) is 0. The van der Waals surface area contributed by atoms with Crippen molar-refractivity contribution in [2.24, 2.45) is 5.73 Å². The van der Waals surface area contributed by atoms with Crippen LogP contribution in [0.15, 0.2) is 24.3 Å². The molecule has 0 aromatic heterocycles. The largest absolute Gasteiger partial charge is 0.377 e. The van der Waals surface area contributed by atoms with Crippen LogP contribution < -0.4 is 10.6 Å². The summed E-state index contributed by atoms with van der Waals surface area (Å²) in [4.78, 5) is 2.45. The minimum atomic E-state index is 0.0478. The van der Waals surface area contributed by atoms with Gasteiger partial charge in [0.25, 0.3) is 0 Å². The van der Waals surface area contributed by atoms with E-state index in [2.05, 4.69) is 49.9 Å². The third-order valence-electron chi connectivity index (χ3n) is 3.47. The van der Waals surface area contributed by atoms with Crippen molar-refractivity contribution in [2.45, 2.75) is 38.8 Å². The summed E-state index contributed by atoms with van der Waals surface area (Å²) in [5.74, 6) is 0. The third-order valence-corrected chi connectivity index (χ3v) is 3.47. The zero-order valence-electron chi connectivity index (χ0n) is 11.6. The first kappa shape index (κ1) is 13.4. The maximum Gasteiger partial charge on any atom is 0.0694 e. The quantitative estimate of drug-likeness (QED) is 0.891. The maximum absolute atomic E-state index is 5.95. The number of nitrogens with zero attached hydrogens (tertiary/aromatic N) is 1. The smallest absolute Gasteiger partial charge is 0.0694 e. The lowest BCUT2D eigenvalue weighted by molar-refractivity contribution is 0.0643. The third kappa shape index (κ3) is 2.85. The van der Waals surface area contributed by atoms with Crippen LogP contribution in [0.2, 0.25) is 0 Å². The monoisotopic (exact) mass is 248 g/mol. The number of anilines is 1. The van der Waals surface area contributed by atoms with Crippen LogP contribution in [0.25, 0.3) is 0 Å². The predicted molar refractivity (Wildman–Crippen MR) is 76.0 cm³/mol. The number of nitrogens with two attached hydrogens (primary N) is 1. The van der Waals surface area contributed by atoms with Crippen molar-refractivity contribution in [2.75, 3.05) is 24.7 Å². The van der Waals surface area contributed by atoms with Crippen LogP contribution in [-0.2, 0) is 11.2 Å². The van der Waals surface area contributed by atoms with Gasteiger partial charge in [0.15, 0.2) is 0 Å². The molecular weight excluding hydrogens is 224 g/mol. The second kappa shape index (κ2) is 5.29. The van der Waals surface area contributed by atoms with E-state index in [1.54, 1.807) is 0 Å². The van der Waals surface area contributed by atoms with Crippen molar-refractivity contribution < 1.29 is 4.74 Å². The first-order chi connectivity index (χ1) is 8.50. The molecule has 1 saturated heterocycles. The van der Waals surface area contributed by atoms with Gasteiger partial charge in [-0.1, -0.05) is 18.2 Å². The molecule has 0 bridgehead atoms. The Hall–Kier alpha value is -1.06. The number of morpholine rings is 1. The van der Waals surface area contributed by atoms with E-state index < -0.39 is 0 Å². The molecule has 0 spiro atoms. The van der Waals surface area contributed by atoms with Gasteiger partial charge in [0.1, 0.15) is 0 Å². The van der Waals surface area contributed by atoms with Crippen LogP contribution in [0.3, 0.4) is 0 Å². The highest BCUT2D eigenvalue weighted by atomic mass is 16.5. The SMILES string of the molecule is CC(N)Cc1ccccc1N1CCOCC1(C)C. The van der Waals surface area contributed by atoms with Crippen molar-refractivity contribution in [1.29, 1.82) is 0 Å². The zero-order valence-corrected chi connectivity index (χ0v) is 11.6. The molecule has 100 valence electrons. The molecule has 2 N–H and O–H groups in total. The molecule has 3 heteroatoms. The normalized spacial score (nSPS) is 20.8. The topological polar surface area (TPSA) is 38.5 Å². The van der Waals surface area contributed by atoms with Crippen molar-refractivity contribution >= 4 is 5.69 Å². The highest BCUT2D eigenvalue weighted by molar-refractivity contribution is 5.56. The molecule has 0 saturated carbocycles. The van der Waals surface area contributed by atoms with Gasteiger partial charge in [0.2, 0.25) is 0 Å². The first-order valence-corrected chi connectivity index (χ1v) is 6.69. The van der Waals surface area contributed by atoms with E-state index in [9.17, 15) is 0 Å². The molecule has 0 amide bonds. The summed E-state index contributed by atoms with van der Waals surface area (Å²) in [6, 6.07) is 8.77. The lowest BCUT2D eigenvalue weighted by atomic mass is 9.97. The molecule has 1 aromatic carbocycles. The van der Waals surface area contributed by atoms with Crippen LogP contribution >= 0.6 is 0 Å². The fourth-order valence-electron chi connectivity index (χ4n) is 2.60. The van der Waals surface area contributed by atoms with Gasteiger partial charge in [-0.3, -0.25) is 0 Å². The van der Waals surface area contributed by atoms with Gasteiger partial charge in [-0.2, -0.15) is 0 Å². The van der Waals surface area contributed by atoms with E-state index in [0.29, 0.717) is 0 Å². The first-order valence-electron chi connectivity index (χ1n) is 6.69. The van der Waals surface area contributed by atoms with Crippen LogP contribution in [0.4, 0.5) is 5.69 Å². The molecule has 1 fully saturated rings. The van der Waals surface area contributed by atoms with E-state index in [4.69, 9.17) is 10.5 Å². The van der Waals surface area contributed by atoms with Crippen molar-refractivity contribution in [3.8, 4) is 0 Å². The van der Waals surface area contributed by atoms with Crippen molar-refractivity contribution in [1.82, 2.24) is 0 Å². The Labute approximate surface area is 110 Å². The van der Waals surface area contributed by atoms with E-state index in [1.807, 2.05) is 0 Å². The summed E-state index contributed by atoms with van der Waals surface area (Å²) >= 11 is 0. The van der Waals surface area contributed by atoms with Crippen LogP contribution in [0, 0.1) is 0 Å². The van der Waals surface area contributed by atoms with E-state index in [0.717, 1.165) is 26.2 Å². The highest BCUT2D eigenvalue weighted by Crippen LogP contribution is 2.30. The van der Waals surface area contributed by atoms with E-state index in [1.165, 1.54) is 11.3 Å². The average Bonchev–Trinajstić information content (AvgIpc) is 2.29. The number of rotatable bonds is 3. The highest BCUT2D eigenvalue weighted by Gasteiger charge is 2.31. The van der Waals surface area contributed by atoms with Crippen molar-refractivity contribution in [3.05, 3.63) is 29.8 Å². The van der Waals surface area contributed by atoms with Crippen molar-refractivity contribution in [3.63, 3.8) is 0 Å². The lowest BCUT2D eigenvalue weighted by Gasteiger charge is -2.44. The maximum atomic E-state index is 5.95. The average molecular weight is 248 g/mol. The van der Waals surface area contributed by atoms with Gasteiger partial charge in [0, 0.05) is 18.3 Å². The number of hydrogen-bond donors (Lipinski definition) is 1. The van der Waals surface area contributed by atoms with Gasteiger partial charge in [0.05, 0.1) is 18.8 Å². The van der Waals surface area contributed by atoms with Crippen LogP contribution in [-0.4, -0.2) is 31.3 Å². The number of para-hydroxylation sites is 1. The Kier molecular flexibility index (Phi) is 3.93. The zero-order chi connectivity index (χ0) is 13.2. The van der Waals surface area contributed by atoms with Crippen LogP contribution in [0.1, 0.15) is 26.3 Å². The number of hydrogen-bond acceptors (Lipinski definition) is 3. The Morgan fingerprint density at radius 3 is 2.78 bits per heavy atom. The minimum Gasteiger partial charge on any atom is -0.377 e. The Morgan fingerprint density at radius 1 is 1.39 bits per heavy atom. The molecule has 1 aliphatic heterocycles. The second-order valence-corrected chi connectivity index (χ2v) is 5.83. The van der Waals surface area contributed by atoms with E-state index >= 15 is 0 Å². The number of ether oxygens (including phenoxy) is 1. The molecule has 1 aliphatic rings. The molecule has 1 unspecified atom stereocenters. The minimum absolute atomic E-state index is 0.0478. The molecular formula is C15H24N2O. The Bertz CT molecular complexity index is 401. The predicted octanol–water partition coefficient (Wildman–Crippen LogP) is 2.19. The van der Waals surface area contributed by atoms with Gasteiger partial charge in [-0.05, 0) is 38.8 Å². The lowest BCUT2D eigenvalue weighted by Crippen LogP contribution is -2.53. The fraction of sp³-hybridized carbons (Fsp3) is 0.600. The standard InChI is InChI=1S/C15H24N2O/c1-12(16)10-13-6-4-5-7-14(13)17-8-9-18-11-15(17,2)3/h4-7,12H,8-11,16H2,1-3H3. The molecule has 1 atom stereocenters. The fourth-order valence-corrected chi connectivity index (χ4v) is 2.60. The summed E-state index contributed by atoms with van der Waals surface area (Å²) in [5.41, 5.74) is 8.64. The van der Waals surface area contributed by atoms with Gasteiger partial charge in [-0.15, -0.1) is 0 Å². The summed E-state index contributed by atoms with van der Waals surface area (Å²) < 4.78 is 5.59. The summed E-state index contributed by atoms with van der Waals surface area (Å²) in [6.07, 6.45) is 0.920. The molecule has 0 aliphatic carbocycles. The molecule has 2 rings (SSSR count). The Balaban J connectivity index is 2.31. The van der Waals surface area contributed by atoms with Gasteiger partial charge < -0.3 is 15.4 Å². The second-order valence-electron chi connectivity index (χ2n) is 5.83. The molecule has 18 heavy (non-hydrogen) atoms. The molecule has 1 heterocycles. The van der Waals surface area contributed by atoms with Gasteiger partial charge in [-0.25, -0.2) is 0 Å². The summed E-state index contributed by atoms with van der Waals surface area (Å²) in [5, 5.41) is 0. The van der Waals surface area contributed by atoms with E-state index in [-0.39, 0.29) is 11.6 Å². The van der Waals surface area contributed by atoms with Gasteiger partial charge >= 0.3 is 0 Å². The number of benzene rings is 1. The van der Waals surface area contributed by atoms with Crippen LogP contribution in [0.5, 0.6) is 0 Å².